The maximum absolute atomic E-state index is 13.2. The molecule has 2 nitrogen and oxygen atoms in total. The van der Waals surface area contributed by atoms with E-state index in [1.54, 1.807) is 0 Å². The first-order valence-electron chi connectivity index (χ1n) is 6.88. The highest BCUT2D eigenvalue weighted by Crippen LogP contribution is 2.26. The number of aryl methyl sites for hydroxylation is 2. The molecule has 0 bridgehead atoms. The van der Waals surface area contributed by atoms with E-state index in [0.29, 0.717) is 12.1 Å². The highest BCUT2D eigenvalue weighted by Gasteiger charge is 2.08. The summed E-state index contributed by atoms with van der Waals surface area (Å²) in [6, 6.07) is 7.87. The van der Waals surface area contributed by atoms with Crippen LogP contribution in [-0.2, 0) is 13.0 Å². The fourth-order valence-electron chi connectivity index (χ4n) is 2.36. The SMILES string of the molecule is Cc1cc(CCN)cc(C)c1OCc1ccc(F)c(F)c1. The lowest BCUT2D eigenvalue weighted by Gasteiger charge is -2.14. The summed E-state index contributed by atoms with van der Waals surface area (Å²) in [6.45, 7) is 4.74. The van der Waals surface area contributed by atoms with Gasteiger partial charge in [0.15, 0.2) is 11.6 Å². The number of hydrogen-bond acceptors (Lipinski definition) is 2. The van der Waals surface area contributed by atoms with Gasteiger partial charge in [-0.05, 0) is 61.2 Å². The van der Waals surface area contributed by atoms with Gasteiger partial charge in [-0.1, -0.05) is 18.2 Å². The second-order valence-electron chi connectivity index (χ2n) is 5.13. The summed E-state index contributed by atoms with van der Waals surface area (Å²) in [7, 11) is 0. The van der Waals surface area contributed by atoms with E-state index in [1.165, 1.54) is 11.6 Å². The Morgan fingerprint density at radius 3 is 2.19 bits per heavy atom. The molecule has 0 aliphatic heterocycles. The Bertz CT molecular complexity index is 618. The van der Waals surface area contributed by atoms with Gasteiger partial charge in [0.25, 0.3) is 0 Å². The minimum absolute atomic E-state index is 0.203. The molecule has 0 amide bonds. The largest absolute Gasteiger partial charge is 0.488 e. The molecule has 2 rings (SSSR count). The summed E-state index contributed by atoms with van der Waals surface area (Å²) in [5.41, 5.74) is 9.36. The quantitative estimate of drug-likeness (QED) is 0.912. The normalized spacial score (nSPS) is 10.7. The van der Waals surface area contributed by atoms with Gasteiger partial charge in [0, 0.05) is 0 Å². The van der Waals surface area contributed by atoms with Gasteiger partial charge in [0.05, 0.1) is 0 Å². The van der Waals surface area contributed by atoms with Gasteiger partial charge < -0.3 is 10.5 Å². The van der Waals surface area contributed by atoms with Crippen molar-refractivity contribution in [1.29, 1.82) is 0 Å². The molecule has 0 unspecified atom stereocenters. The molecule has 21 heavy (non-hydrogen) atoms. The van der Waals surface area contributed by atoms with Crippen LogP contribution in [0.15, 0.2) is 30.3 Å². The summed E-state index contributed by atoms with van der Waals surface area (Å²) in [4.78, 5) is 0. The minimum atomic E-state index is -0.858. The third-order valence-corrected chi connectivity index (χ3v) is 3.32. The highest BCUT2D eigenvalue weighted by molar-refractivity contribution is 5.43. The Labute approximate surface area is 123 Å². The molecular weight excluding hydrogens is 272 g/mol. The molecule has 0 aromatic heterocycles. The van der Waals surface area contributed by atoms with Crippen LogP contribution in [0.5, 0.6) is 5.75 Å². The molecule has 0 aliphatic carbocycles. The van der Waals surface area contributed by atoms with Crippen molar-refractivity contribution >= 4 is 0 Å². The summed E-state index contributed by atoms with van der Waals surface area (Å²) < 4.78 is 31.8. The molecule has 0 radical (unpaired) electrons. The fraction of sp³-hybridized carbons (Fsp3) is 0.294. The maximum Gasteiger partial charge on any atom is 0.159 e. The summed E-state index contributed by atoms with van der Waals surface area (Å²) in [5, 5.41) is 0. The van der Waals surface area contributed by atoms with Gasteiger partial charge in [-0.2, -0.15) is 0 Å². The topological polar surface area (TPSA) is 35.2 Å². The van der Waals surface area contributed by atoms with Crippen LogP contribution in [0.2, 0.25) is 0 Å². The molecule has 4 heteroatoms. The number of nitrogens with two attached hydrogens (primary N) is 1. The van der Waals surface area contributed by atoms with Crippen molar-refractivity contribution < 1.29 is 13.5 Å². The zero-order chi connectivity index (χ0) is 15.4. The Balaban J connectivity index is 2.14. The van der Waals surface area contributed by atoms with Crippen LogP contribution in [0.1, 0.15) is 22.3 Å². The molecule has 0 saturated carbocycles. The molecule has 2 aromatic rings. The van der Waals surface area contributed by atoms with E-state index in [-0.39, 0.29) is 6.61 Å². The van der Waals surface area contributed by atoms with Crippen LogP contribution in [0.4, 0.5) is 8.78 Å². The van der Waals surface area contributed by atoms with E-state index >= 15 is 0 Å². The molecule has 0 heterocycles. The van der Waals surface area contributed by atoms with Crippen molar-refractivity contribution in [1.82, 2.24) is 0 Å². The van der Waals surface area contributed by atoms with Gasteiger partial charge in [0.2, 0.25) is 0 Å². The second kappa shape index (κ2) is 6.68. The van der Waals surface area contributed by atoms with Crippen molar-refractivity contribution in [3.05, 3.63) is 64.2 Å². The van der Waals surface area contributed by atoms with Gasteiger partial charge in [-0.25, -0.2) is 8.78 Å². The van der Waals surface area contributed by atoms with Crippen molar-refractivity contribution in [2.24, 2.45) is 5.73 Å². The standard InChI is InChI=1S/C17H19F2NO/c1-11-7-13(5-6-20)8-12(2)17(11)21-10-14-3-4-15(18)16(19)9-14/h3-4,7-9H,5-6,10,20H2,1-2H3. The molecule has 0 saturated heterocycles. The monoisotopic (exact) mass is 291 g/mol. The zero-order valence-electron chi connectivity index (χ0n) is 12.2. The molecule has 0 fully saturated rings. The summed E-state index contributed by atoms with van der Waals surface area (Å²) >= 11 is 0. The first kappa shape index (κ1) is 15.4. The zero-order valence-corrected chi connectivity index (χ0v) is 12.2. The van der Waals surface area contributed by atoms with E-state index in [0.717, 1.165) is 35.4 Å². The van der Waals surface area contributed by atoms with Gasteiger partial charge >= 0.3 is 0 Å². The molecule has 2 aromatic carbocycles. The molecule has 0 spiro atoms. The van der Waals surface area contributed by atoms with Crippen LogP contribution in [0.25, 0.3) is 0 Å². The Morgan fingerprint density at radius 1 is 0.952 bits per heavy atom. The van der Waals surface area contributed by atoms with E-state index in [2.05, 4.69) is 0 Å². The number of halogens is 2. The smallest absolute Gasteiger partial charge is 0.159 e. The first-order valence-corrected chi connectivity index (χ1v) is 6.88. The molecule has 2 N–H and O–H groups in total. The lowest BCUT2D eigenvalue weighted by Crippen LogP contribution is -2.05. The van der Waals surface area contributed by atoms with E-state index < -0.39 is 11.6 Å². The highest BCUT2D eigenvalue weighted by atomic mass is 19.2. The van der Waals surface area contributed by atoms with Gasteiger partial charge in [-0.3, -0.25) is 0 Å². The average Bonchev–Trinajstić information content (AvgIpc) is 2.42. The average molecular weight is 291 g/mol. The third kappa shape index (κ3) is 3.79. The molecule has 0 atom stereocenters. The molecular formula is C17H19F2NO. The third-order valence-electron chi connectivity index (χ3n) is 3.32. The van der Waals surface area contributed by atoms with Gasteiger partial charge in [-0.15, -0.1) is 0 Å². The number of benzene rings is 2. The van der Waals surface area contributed by atoms with E-state index in [9.17, 15) is 8.78 Å². The van der Waals surface area contributed by atoms with E-state index in [1.807, 2.05) is 26.0 Å². The number of hydrogen-bond donors (Lipinski definition) is 1. The van der Waals surface area contributed by atoms with Crippen molar-refractivity contribution in [3.8, 4) is 5.75 Å². The predicted molar refractivity (Wildman–Crippen MR) is 79.4 cm³/mol. The Hall–Kier alpha value is -1.94. The lowest BCUT2D eigenvalue weighted by atomic mass is 10.0. The van der Waals surface area contributed by atoms with Crippen LogP contribution in [-0.4, -0.2) is 6.54 Å². The van der Waals surface area contributed by atoms with Crippen LogP contribution in [0, 0.1) is 25.5 Å². The maximum atomic E-state index is 13.2. The van der Waals surface area contributed by atoms with Crippen molar-refractivity contribution in [2.45, 2.75) is 26.9 Å². The van der Waals surface area contributed by atoms with Crippen molar-refractivity contribution in [2.75, 3.05) is 6.54 Å². The first-order chi connectivity index (χ1) is 10.0. The number of ether oxygens (including phenoxy) is 1. The van der Waals surface area contributed by atoms with E-state index in [4.69, 9.17) is 10.5 Å². The second-order valence-corrected chi connectivity index (χ2v) is 5.13. The fourth-order valence-corrected chi connectivity index (χ4v) is 2.36. The lowest BCUT2D eigenvalue weighted by molar-refractivity contribution is 0.301. The number of rotatable bonds is 5. The minimum Gasteiger partial charge on any atom is -0.488 e. The van der Waals surface area contributed by atoms with Crippen LogP contribution >= 0.6 is 0 Å². The molecule has 112 valence electrons. The van der Waals surface area contributed by atoms with Gasteiger partial charge in [0.1, 0.15) is 12.4 Å². The van der Waals surface area contributed by atoms with Crippen LogP contribution < -0.4 is 10.5 Å². The Morgan fingerprint density at radius 2 is 1.62 bits per heavy atom. The molecule has 0 aliphatic rings. The van der Waals surface area contributed by atoms with Crippen LogP contribution in [0.3, 0.4) is 0 Å². The van der Waals surface area contributed by atoms with Crippen molar-refractivity contribution in [3.63, 3.8) is 0 Å². The summed E-state index contributed by atoms with van der Waals surface area (Å²) in [5.74, 6) is -0.930. The summed E-state index contributed by atoms with van der Waals surface area (Å²) in [6.07, 6.45) is 0.825. The Kier molecular flexibility index (Phi) is 4.91. The predicted octanol–water partition coefficient (Wildman–Crippen LogP) is 3.66.